The van der Waals surface area contributed by atoms with Gasteiger partial charge in [0.15, 0.2) is 6.10 Å². The molecule has 7 nitrogen and oxygen atoms in total. The van der Waals surface area contributed by atoms with Crippen LogP contribution in [0.15, 0.2) is 24.3 Å². The van der Waals surface area contributed by atoms with Crippen molar-refractivity contribution in [2.45, 2.75) is 51.8 Å². The third kappa shape index (κ3) is 3.50. The van der Waals surface area contributed by atoms with Gasteiger partial charge in [-0.1, -0.05) is 25.5 Å². The number of rotatable bonds is 6. The number of para-hydroxylation sites is 2. The van der Waals surface area contributed by atoms with Crippen molar-refractivity contribution >= 4 is 23.5 Å². The average Bonchev–Trinajstić information content (AvgIpc) is 2.55. The van der Waals surface area contributed by atoms with Crippen molar-refractivity contribution in [2.24, 2.45) is 0 Å². The second-order valence-electron chi connectivity index (χ2n) is 5.80. The molecule has 1 aromatic rings. The molecule has 130 valence electrons. The van der Waals surface area contributed by atoms with Gasteiger partial charge >= 0.3 is 5.97 Å². The molecule has 0 radical (unpaired) electrons. The first-order valence-electron chi connectivity index (χ1n) is 7.98. The number of carboxylic acids is 1. The van der Waals surface area contributed by atoms with Gasteiger partial charge in [-0.25, -0.2) is 4.79 Å². The van der Waals surface area contributed by atoms with Gasteiger partial charge < -0.3 is 15.2 Å². The van der Waals surface area contributed by atoms with Gasteiger partial charge in [0.2, 0.25) is 5.91 Å². The molecule has 0 bridgehead atoms. The quantitative estimate of drug-likeness (QED) is 0.823. The largest absolute Gasteiger partial charge is 0.480 e. The van der Waals surface area contributed by atoms with Crippen LogP contribution >= 0.6 is 0 Å². The summed E-state index contributed by atoms with van der Waals surface area (Å²) in [7, 11) is 0. The summed E-state index contributed by atoms with van der Waals surface area (Å²) in [5.74, 6) is -1.40. The van der Waals surface area contributed by atoms with Gasteiger partial charge in [-0.3, -0.25) is 14.5 Å². The van der Waals surface area contributed by atoms with Gasteiger partial charge in [0, 0.05) is 0 Å². The van der Waals surface area contributed by atoms with Crippen LogP contribution in [-0.4, -0.2) is 41.1 Å². The molecule has 1 aromatic carbocycles. The zero-order valence-corrected chi connectivity index (χ0v) is 14.0. The Labute approximate surface area is 140 Å². The first-order chi connectivity index (χ1) is 11.4. The zero-order chi connectivity index (χ0) is 17.9. The first kappa shape index (κ1) is 17.8. The van der Waals surface area contributed by atoms with E-state index < -0.39 is 30.1 Å². The summed E-state index contributed by atoms with van der Waals surface area (Å²) in [6.45, 7) is 5.04. The van der Waals surface area contributed by atoms with Crippen molar-refractivity contribution in [2.75, 3.05) is 4.90 Å². The van der Waals surface area contributed by atoms with Gasteiger partial charge in [-0.15, -0.1) is 0 Å². The van der Waals surface area contributed by atoms with E-state index in [0.29, 0.717) is 24.3 Å². The number of anilines is 1. The molecule has 0 fully saturated rings. The molecule has 1 aliphatic heterocycles. The summed E-state index contributed by atoms with van der Waals surface area (Å²) in [6.07, 6.45) is 0.251. The molecule has 0 saturated carbocycles. The fraction of sp³-hybridized carbons (Fsp3) is 0.471. The fourth-order valence-corrected chi connectivity index (χ4v) is 2.67. The Morgan fingerprint density at radius 1 is 1.38 bits per heavy atom. The van der Waals surface area contributed by atoms with Crippen molar-refractivity contribution in [3.05, 3.63) is 24.3 Å². The lowest BCUT2D eigenvalue weighted by Gasteiger charge is -2.36. The van der Waals surface area contributed by atoms with E-state index in [-0.39, 0.29) is 5.91 Å². The van der Waals surface area contributed by atoms with E-state index in [4.69, 9.17) is 4.74 Å². The third-order valence-corrected chi connectivity index (χ3v) is 3.97. The standard InChI is InChI=1S/C17H22N2O5/c1-4-7-12(17(22)23)18-15(20)10(2)19-13-8-5-6-9-14(13)24-11(3)16(19)21/h5-6,8-12H,4,7H2,1-3H3,(H,18,20)(H,22,23). The van der Waals surface area contributed by atoms with Gasteiger partial charge in [-0.05, 0) is 32.4 Å². The van der Waals surface area contributed by atoms with E-state index in [1.54, 1.807) is 38.1 Å². The number of ether oxygens (including phenoxy) is 1. The summed E-state index contributed by atoms with van der Waals surface area (Å²) in [6, 6.07) is 5.15. The molecule has 1 aliphatic rings. The molecule has 2 amide bonds. The first-order valence-corrected chi connectivity index (χ1v) is 7.98. The highest BCUT2D eigenvalue weighted by Crippen LogP contribution is 2.34. The number of carboxylic acid groups (broad SMARTS) is 1. The van der Waals surface area contributed by atoms with Crippen molar-refractivity contribution in [1.29, 1.82) is 0 Å². The Morgan fingerprint density at radius 2 is 2.04 bits per heavy atom. The molecule has 3 unspecified atom stereocenters. The van der Waals surface area contributed by atoms with Gasteiger partial charge in [0.25, 0.3) is 5.91 Å². The predicted octanol–water partition coefficient (Wildman–Crippen LogP) is 1.56. The number of aliphatic carboxylic acids is 1. The second-order valence-corrected chi connectivity index (χ2v) is 5.80. The van der Waals surface area contributed by atoms with Crippen LogP contribution in [0, 0.1) is 0 Å². The Balaban J connectivity index is 2.24. The Bertz CT molecular complexity index is 646. The molecule has 3 atom stereocenters. The SMILES string of the molecule is CCCC(NC(=O)C(C)N1C(=O)C(C)Oc2ccccc21)C(=O)O. The van der Waals surface area contributed by atoms with Crippen LogP contribution in [-0.2, 0) is 14.4 Å². The molecule has 1 heterocycles. The van der Waals surface area contributed by atoms with E-state index >= 15 is 0 Å². The minimum atomic E-state index is -1.08. The van der Waals surface area contributed by atoms with Crippen molar-refractivity contribution < 1.29 is 24.2 Å². The molecule has 2 rings (SSSR count). The highest BCUT2D eigenvalue weighted by molar-refractivity contribution is 6.05. The van der Waals surface area contributed by atoms with Crippen LogP contribution in [0.5, 0.6) is 5.75 Å². The van der Waals surface area contributed by atoms with Crippen molar-refractivity contribution in [1.82, 2.24) is 5.32 Å². The number of hydrogen-bond acceptors (Lipinski definition) is 4. The van der Waals surface area contributed by atoms with Crippen LogP contribution in [0.25, 0.3) is 0 Å². The predicted molar refractivity (Wildman–Crippen MR) is 88.0 cm³/mol. The lowest BCUT2D eigenvalue weighted by atomic mass is 10.1. The van der Waals surface area contributed by atoms with E-state index in [9.17, 15) is 19.5 Å². The summed E-state index contributed by atoms with van der Waals surface area (Å²) in [5.41, 5.74) is 0.505. The Morgan fingerprint density at radius 3 is 2.67 bits per heavy atom. The average molecular weight is 334 g/mol. The van der Waals surface area contributed by atoms with Crippen molar-refractivity contribution in [3.8, 4) is 5.75 Å². The molecular weight excluding hydrogens is 312 g/mol. The normalized spacial score (nSPS) is 19.0. The molecule has 7 heteroatoms. The van der Waals surface area contributed by atoms with E-state index in [0.717, 1.165) is 0 Å². The third-order valence-electron chi connectivity index (χ3n) is 3.97. The molecule has 0 aromatic heterocycles. The topological polar surface area (TPSA) is 95.9 Å². The summed E-state index contributed by atoms with van der Waals surface area (Å²) < 4.78 is 5.55. The van der Waals surface area contributed by atoms with E-state index in [1.807, 2.05) is 6.92 Å². The number of nitrogens with zero attached hydrogens (tertiary/aromatic N) is 1. The lowest BCUT2D eigenvalue weighted by Crippen LogP contribution is -2.56. The van der Waals surface area contributed by atoms with E-state index in [2.05, 4.69) is 5.32 Å². The lowest BCUT2D eigenvalue weighted by molar-refractivity contribution is -0.142. The number of carbonyl (C=O) groups is 3. The maximum atomic E-state index is 12.5. The molecule has 0 saturated heterocycles. The highest BCUT2D eigenvalue weighted by atomic mass is 16.5. The minimum absolute atomic E-state index is 0.331. The van der Waals surface area contributed by atoms with Gasteiger partial charge in [-0.2, -0.15) is 0 Å². The van der Waals surface area contributed by atoms with Crippen molar-refractivity contribution in [3.63, 3.8) is 0 Å². The Kier molecular flexibility index (Phi) is 5.43. The molecule has 2 N–H and O–H groups in total. The fourth-order valence-electron chi connectivity index (χ4n) is 2.67. The van der Waals surface area contributed by atoms with Crippen LogP contribution < -0.4 is 15.0 Å². The van der Waals surface area contributed by atoms with Crippen LogP contribution in [0.4, 0.5) is 5.69 Å². The number of amides is 2. The number of benzene rings is 1. The minimum Gasteiger partial charge on any atom is -0.480 e. The van der Waals surface area contributed by atoms with Gasteiger partial charge in [0.05, 0.1) is 5.69 Å². The maximum Gasteiger partial charge on any atom is 0.326 e. The van der Waals surface area contributed by atoms with Crippen LogP contribution in [0.1, 0.15) is 33.6 Å². The number of carbonyl (C=O) groups excluding carboxylic acids is 2. The maximum absolute atomic E-state index is 12.5. The molecule has 0 aliphatic carbocycles. The number of nitrogens with one attached hydrogen (secondary N) is 1. The van der Waals surface area contributed by atoms with Gasteiger partial charge in [0.1, 0.15) is 17.8 Å². The number of hydrogen-bond donors (Lipinski definition) is 2. The van der Waals surface area contributed by atoms with E-state index in [1.165, 1.54) is 4.90 Å². The smallest absolute Gasteiger partial charge is 0.326 e. The second kappa shape index (κ2) is 7.33. The summed E-state index contributed by atoms with van der Waals surface area (Å²) >= 11 is 0. The van der Waals surface area contributed by atoms with Crippen LogP contribution in [0.3, 0.4) is 0 Å². The molecular formula is C17H22N2O5. The summed E-state index contributed by atoms with van der Waals surface area (Å²) in [5, 5.41) is 11.7. The molecule has 24 heavy (non-hydrogen) atoms. The Hall–Kier alpha value is -2.57. The monoisotopic (exact) mass is 334 g/mol. The zero-order valence-electron chi connectivity index (χ0n) is 14.0. The highest BCUT2D eigenvalue weighted by Gasteiger charge is 2.37. The molecule has 0 spiro atoms. The summed E-state index contributed by atoms with van der Waals surface area (Å²) in [4.78, 5) is 37.6. The van der Waals surface area contributed by atoms with Crippen LogP contribution in [0.2, 0.25) is 0 Å². The number of fused-ring (bicyclic) bond motifs is 1.